The molecule has 0 aliphatic carbocycles. The fraction of sp³-hybridized carbons (Fsp3) is 0.118. The Bertz CT molecular complexity index is 956. The van der Waals surface area contributed by atoms with Gasteiger partial charge in [-0.25, -0.2) is 4.79 Å². The van der Waals surface area contributed by atoms with E-state index in [2.05, 4.69) is 10.3 Å². The Morgan fingerprint density at radius 2 is 1.93 bits per heavy atom. The van der Waals surface area contributed by atoms with Crippen LogP contribution in [-0.4, -0.2) is 32.5 Å². The molecule has 5 N–H and O–H groups in total. The molecule has 0 bridgehead atoms. The van der Waals surface area contributed by atoms with E-state index in [9.17, 15) is 30.7 Å². The standard InChI is InChI=1S/C17H16N4O6/c22-17(23)15(7-10-9-18-13-4-2-1-3-12(10)13)19-14-6-5-11(20(24)25)8-16(14)21(26)27/h1-6,8-9,15,18-19,26-27H,7H2,(H,22,23)/q-2. The Hall–Kier alpha value is -3.31. The van der Waals surface area contributed by atoms with E-state index in [4.69, 9.17) is 0 Å². The molecule has 1 heterocycles. The summed E-state index contributed by atoms with van der Waals surface area (Å²) in [5.41, 5.74) is 0.947. The highest BCUT2D eigenvalue weighted by molar-refractivity contribution is 5.86. The van der Waals surface area contributed by atoms with Crippen LogP contribution in [0.5, 0.6) is 0 Å². The monoisotopic (exact) mass is 372 g/mol. The van der Waals surface area contributed by atoms with Crippen LogP contribution in [0, 0.1) is 10.4 Å². The summed E-state index contributed by atoms with van der Waals surface area (Å²) in [6, 6.07) is 9.60. The molecule has 0 saturated carbocycles. The van der Waals surface area contributed by atoms with Gasteiger partial charge in [-0.3, -0.25) is 10.4 Å². The Labute approximate surface area is 152 Å². The van der Waals surface area contributed by atoms with Crippen molar-refractivity contribution in [2.75, 3.05) is 15.8 Å². The normalized spacial score (nSPS) is 12.0. The molecule has 2 aromatic carbocycles. The smallest absolute Gasteiger partial charge is 0.326 e. The summed E-state index contributed by atoms with van der Waals surface area (Å²) in [5, 5.41) is 52.5. The van der Waals surface area contributed by atoms with Crippen molar-refractivity contribution >= 4 is 33.9 Å². The van der Waals surface area contributed by atoms with Crippen LogP contribution in [-0.2, 0) is 11.2 Å². The van der Waals surface area contributed by atoms with Gasteiger partial charge in [0.05, 0.1) is 5.69 Å². The van der Waals surface area contributed by atoms with E-state index in [0.29, 0.717) is 0 Å². The zero-order chi connectivity index (χ0) is 19.6. The average Bonchev–Trinajstić information content (AvgIpc) is 3.04. The predicted octanol–water partition coefficient (Wildman–Crippen LogP) is 2.66. The number of fused-ring (bicyclic) bond motifs is 1. The molecule has 0 fully saturated rings. The number of aliphatic carboxylic acids is 1. The molecule has 0 spiro atoms. The Morgan fingerprint density at radius 1 is 1.19 bits per heavy atom. The summed E-state index contributed by atoms with van der Waals surface area (Å²) in [4.78, 5) is 14.8. The molecule has 3 rings (SSSR count). The number of rotatable bonds is 7. The molecular weight excluding hydrogens is 356 g/mol. The molecule has 0 saturated heterocycles. The number of carboxylic acid groups (broad SMARTS) is 1. The summed E-state index contributed by atoms with van der Waals surface area (Å²) in [6.07, 6.45) is 1.82. The fourth-order valence-electron chi connectivity index (χ4n) is 2.83. The van der Waals surface area contributed by atoms with E-state index in [1.807, 2.05) is 24.3 Å². The molecule has 1 aromatic heterocycles. The molecular formula is C17H16N4O6-2. The quantitative estimate of drug-likeness (QED) is 0.393. The molecule has 1 unspecified atom stereocenters. The van der Waals surface area contributed by atoms with Crippen LogP contribution in [0.3, 0.4) is 0 Å². The van der Waals surface area contributed by atoms with E-state index < -0.39 is 17.2 Å². The van der Waals surface area contributed by atoms with Gasteiger partial charge in [0, 0.05) is 29.2 Å². The van der Waals surface area contributed by atoms with Crippen LogP contribution in [0.25, 0.3) is 10.9 Å². The molecule has 10 heteroatoms. The van der Waals surface area contributed by atoms with Gasteiger partial charge >= 0.3 is 5.97 Å². The predicted molar refractivity (Wildman–Crippen MR) is 98.8 cm³/mol. The van der Waals surface area contributed by atoms with E-state index >= 15 is 0 Å². The minimum absolute atomic E-state index is 0.0258. The van der Waals surface area contributed by atoms with Crippen LogP contribution in [0.15, 0.2) is 48.7 Å². The van der Waals surface area contributed by atoms with E-state index in [1.54, 1.807) is 6.20 Å². The number of carbonyl (C=O) groups is 1. The van der Waals surface area contributed by atoms with Crippen molar-refractivity contribution < 1.29 is 20.3 Å². The van der Waals surface area contributed by atoms with Gasteiger partial charge in [-0.1, -0.05) is 18.2 Å². The first-order valence-electron chi connectivity index (χ1n) is 7.87. The maximum atomic E-state index is 11.7. The lowest BCUT2D eigenvalue weighted by Crippen LogP contribution is -2.32. The van der Waals surface area contributed by atoms with Gasteiger partial charge in [-0.15, -0.1) is 5.23 Å². The summed E-state index contributed by atoms with van der Waals surface area (Å²) in [7, 11) is 0. The largest absolute Gasteiger partial charge is 0.769 e. The summed E-state index contributed by atoms with van der Waals surface area (Å²) in [6.45, 7) is 0. The lowest BCUT2D eigenvalue weighted by molar-refractivity contribution is -0.137. The molecule has 0 radical (unpaired) electrons. The number of hydrogen-bond donors (Lipinski definition) is 5. The molecule has 0 aliphatic rings. The number of para-hydroxylation sites is 1. The van der Waals surface area contributed by atoms with Crippen LogP contribution in [0.1, 0.15) is 5.56 Å². The van der Waals surface area contributed by atoms with Crippen LogP contribution in [0.2, 0.25) is 0 Å². The van der Waals surface area contributed by atoms with Gasteiger partial charge in [-0.2, -0.15) is 0 Å². The number of nitrogens with zero attached hydrogens (tertiary/aromatic N) is 2. The lowest BCUT2D eigenvalue weighted by atomic mass is 10.0. The first kappa shape index (κ1) is 18.5. The maximum absolute atomic E-state index is 11.7. The minimum atomic E-state index is -1.16. The van der Waals surface area contributed by atoms with Gasteiger partial charge in [0.1, 0.15) is 11.7 Å². The molecule has 27 heavy (non-hydrogen) atoms. The van der Waals surface area contributed by atoms with Crippen molar-refractivity contribution in [2.24, 2.45) is 0 Å². The van der Waals surface area contributed by atoms with Crippen molar-refractivity contribution in [3.63, 3.8) is 0 Å². The first-order valence-corrected chi connectivity index (χ1v) is 7.87. The summed E-state index contributed by atoms with van der Waals surface area (Å²) in [5.74, 6) is -1.16. The van der Waals surface area contributed by atoms with E-state index in [1.165, 1.54) is 6.07 Å². The van der Waals surface area contributed by atoms with Crippen LogP contribution in [0.4, 0.5) is 17.1 Å². The van der Waals surface area contributed by atoms with E-state index in [0.717, 1.165) is 28.6 Å². The van der Waals surface area contributed by atoms with Crippen molar-refractivity contribution in [1.29, 1.82) is 0 Å². The highest BCUT2D eigenvalue weighted by atomic mass is 16.8. The van der Waals surface area contributed by atoms with Gasteiger partial charge in [0.2, 0.25) is 0 Å². The minimum Gasteiger partial charge on any atom is -0.769 e. The van der Waals surface area contributed by atoms with E-state index in [-0.39, 0.29) is 28.7 Å². The number of hydrogen-bond acceptors (Lipinski definition) is 8. The zero-order valence-electron chi connectivity index (χ0n) is 13.9. The summed E-state index contributed by atoms with van der Waals surface area (Å²) >= 11 is 0. The van der Waals surface area contributed by atoms with Gasteiger partial charge in [0.25, 0.3) is 0 Å². The molecule has 10 nitrogen and oxygen atoms in total. The fourth-order valence-corrected chi connectivity index (χ4v) is 2.83. The Kier molecular flexibility index (Phi) is 5.14. The molecule has 142 valence electrons. The number of anilines is 3. The SMILES string of the molecule is O=C(O)C(Cc1c[nH]c2ccccc12)Nc1ccc(N([O-])[O-])cc1N(O)O. The molecule has 3 aromatic rings. The number of aromatic amines is 1. The third-order valence-corrected chi connectivity index (χ3v) is 4.13. The molecule has 0 aliphatic heterocycles. The third-order valence-electron chi connectivity index (χ3n) is 4.13. The van der Waals surface area contributed by atoms with Gasteiger partial charge in [-0.05, 0) is 29.8 Å². The third kappa shape index (κ3) is 3.93. The van der Waals surface area contributed by atoms with Crippen LogP contribution < -0.4 is 15.8 Å². The van der Waals surface area contributed by atoms with Crippen molar-refractivity contribution in [2.45, 2.75) is 12.5 Å². The summed E-state index contributed by atoms with van der Waals surface area (Å²) < 4.78 is 0. The maximum Gasteiger partial charge on any atom is 0.326 e. The molecule has 1 atom stereocenters. The number of benzene rings is 2. The van der Waals surface area contributed by atoms with Crippen LogP contribution >= 0.6 is 0 Å². The second-order valence-electron chi connectivity index (χ2n) is 5.85. The molecule has 0 amide bonds. The van der Waals surface area contributed by atoms with Crippen molar-refractivity contribution in [1.82, 2.24) is 4.98 Å². The van der Waals surface area contributed by atoms with Gasteiger partial charge < -0.3 is 31.0 Å². The lowest BCUT2D eigenvalue weighted by Gasteiger charge is -2.38. The second-order valence-corrected chi connectivity index (χ2v) is 5.85. The average molecular weight is 372 g/mol. The number of aromatic nitrogens is 1. The Morgan fingerprint density at radius 3 is 2.59 bits per heavy atom. The number of nitrogens with one attached hydrogen (secondary N) is 2. The van der Waals surface area contributed by atoms with Gasteiger partial charge in [0.15, 0.2) is 0 Å². The van der Waals surface area contributed by atoms with Crippen molar-refractivity contribution in [3.05, 3.63) is 64.6 Å². The first-order chi connectivity index (χ1) is 12.9. The number of carboxylic acids is 1. The second kappa shape index (κ2) is 7.51. The zero-order valence-corrected chi connectivity index (χ0v) is 13.9. The Balaban J connectivity index is 1.90. The topological polar surface area (TPSA) is 158 Å². The number of H-pyrrole nitrogens is 1. The van der Waals surface area contributed by atoms with Crippen molar-refractivity contribution in [3.8, 4) is 0 Å². The highest BCUT2D eigenvalue weighted by Gasteiger charge is 2.22. The highest BCUT2D eigenvalue weighted by Crippen LogP contribution is 2.30.